The molecule has 2 N–H and O–H groups in total. The molecule has 0 aliphatic rings. The Morgan fingerprint density at radius 1 is 1.11 bits per heavy atom. The van der Waals surface area contributed by atoms with Crippen LogP contribution >= 0.6 is 0 Å². The number of hydrogen-bond acceptors (Lipinski definition) is 2. The number of alkyl halides is 3. The summed E-state index contributed by atoms with van der Waals surface area (Å²) in [6, 6.07) is 10.8. The van der Waals surface area contributed by atoms with Gasteiger partial charge in [0, 0.05) is 30.0 Å². The van der Waals surface area contributed by atoms with Crippen molar-refractivity contribution < 1.29 is 13.2 Å². The molecule has 0 aliphatic heterocycles. The van der Waals surface area contributed by atoms with E-state index in [-0.39, 0.29) is 6.42 Å². The zero-order valence-electron chi connectivity index (χ0n) is 10.3. The highest BCUT2D eigenvalue weighted by Crippen LogP contribution is 2.22. The minimum absolute atomic E-state index is 0.0714. The summed E-state index contributed by atoms with van der Waals surface area (Å²) >= 11 is 0. The number of fused-ring (bicyclic) bond motifs is 1. The topological polar surface area (TPSA) is 38.9 Å². The molecule has 0 spiro atoms. The molecule has 2 aromatic rings. The van der Waals surface area contributed by atoms with Gasteiger partial charge in [-0.3, -0.25) is 4.98 Å². The number of rotatable bonds is 4. The summed E-state index contributed by atoms with van der Waals surface area (Å²) in [6.45, 7) is 0. The Morgan fingerprint density at radius 3 is 2.58 bits per heavy atom. The van der Waals surface area contributed by atoms with Crippen LogP contribution in [0.25, 0.3) is 10.9 Å². The summed E-state index contributed by atoms with van der Waals surface area (Å²) in [6.07, 6.45) is -4.70. The van der Waals surface area contributed by atoms with Crippen molar-refractivity contribution in [1.29, 1.82) is 0 Å². The van der Waals surface area contributed by atoms with Gasteiger partial charge in [-0.25, -0.2) is 0 Å². The van der Waals surface area contributed by atoms with Gasteiger partial charge in [-0.1, -0.05) is 24.3 Å². The lowest BCUT2D eigenvalue weighted by Gasteiger charge is -2.13. The first kappa shape index (κ1) is 13.8. The van der Waals surface area contributed by atoms with Crippen molar-refractivity contribution in [1.82, 2.24) is 4.98 Å². The molecule has 0 bridgehead atoms. The zero-order valence-corrected chi connectivity index (χ0v) is 10.3. The second kappa shape index (κ2) is 5.57. The monoisotopic (exact) mass is 268 g/mol. The normalized spacial score (nSPS) is 13.7. The number of para-hydroxylation sites is 1. The second-order valence-electron chi connectivity index (χ2n) is 4.61. The van der Waals surface area contributed by atoms with Crippen molar-refractivity contribution in [3.05, 3.63) is 42.1 Å². The van der Waals surface area contributed by atoms with E-state index in [4.69, 9.17) is 5.73 Å². The molecule has 2 rings (SSSR count). The van der Waals surface area contributed by atoms with Crippen molar-refractivity contribution in [2.75, 3.05) is 0 Å². The van der Waals surface area contributed by atoms with Gasteiger partial charge >= 0.3 is 6.18 Å². The Bertz CT molecular complexity index is 552. The molecule has 1 atom stereocenters. The molecule has 102 valence electrons. The van der Waals surface area contributed by atoms with Crippen LogP contribution < -0.4 is 5.73 Å². The number of benzene rings is 1. The van der Waals surface area contributed by atoms with Gasteiger partial charge in [-0.15, -0.1) is 0 Å². The first-order valence-corrected chi connectivity index (χ1v) is 6.11. The van der Waals surface area contributed by atoms with Gasteiger partial charge in [-0.2, -0.15) is 13.2 Å². The quantitative estimate of drug-likeness (QED) is 0.922. The zero-order chi connectivity index (χ0) is 13.9. The van der Waals surface area contributed by atoms with E-state index >= 15 is 0 Å². The third-order valence-corrected chi connectivity index (χ3v) is 2.93. The predicted octanol–water partition coefficient (Wildman–Crippen LogP) is 3.45. The van der Waals surface area contributed by atoms with Crippen LogP contribution in [-0.4, -0.2) is 17.2 Å². The predicted molar refractivity (Wildman–Crippen MR) is 68.7 cm³/mol. The Balaban J connectivity index is 2.00. The molecule has 0 saturated heterocycles. The molecule has 2 nitrogen and oxygen atoms in total. The van der Waals surface area contributed by atoms with Crippen molar-refractivity contribution in [3.63, 3.8) is 0 Å². The van der Waals surface area contributed by atoms with E-state index in [0.29, 0.717) is 6.42 Å². The highest BCUT2D eigenvalue weighted by molar-refractivity contribution is 5.78. The van der Waals surface area contributed by atoms with Gasteiger partial charge in [0.05, 0.1) is 5.52 Å². The van der Waals surface area contributed by atoms with Crippen LogP contribution in [0, 0.1) is 0 Å². The Hall–Kier alpha value is -1.62. The molecular formula is C14H15F3N2. The fraction of sp³-hybridized carbons (Fsp3) is 0.357. The number of pyridine rings is 1. The van der Waals surface area contributed by atoms with E-state index in [9.17, 15) is 13.2 Å². The van der Waals surface area contributed by atoms with E-state index in [1.54, 1.807) is 0 Å². The largest absolute Gasteiger partial charge is 0.389 e. The fourth-order valence-electron chi connectivity index (χ4n) is 1.94. The average molecular weight is 268 g/mol. The number of hydrogen-bond donors (Lipinski definition) is 1. The first-order chi connectivity index (χ1) is 8.94. The highest BCUT2D eigenvalue weighted by atomic mass is 19.4. The van der Waals surface area contributed by atoms with Crippen LogP contribution in [0.2, 0.25) is 0 Å². The minimum Gasteiger partial charge on any atom is -0.327 e. The van der Waals surface area contributed by atoms with E-state index in [1.165, 1.54) is 0 Å². The maximum Gasteiger partial charge on any atom is 0.389 e. The van der Waals surface area contributed by atoms with Crippen molar-refractivity contribution in [2.24, 2.45) is 5.73 Å². The molecule has 0 aliphatic carbocycles. The maximum atomic E-state index is 12.1. The van der Waals surface area contributed by atoms with E-state index in [1.807, 2.05) is 36.4 Å². The first-order valence-electron chi connectivity index (χ1n) is 6.11. The van der Waals surface area contributed by atoms with Gasteiger partial charge in [-0.05, 0) is 18.6 Å². The molecule has 0 saturated carbocycles. The molecule has 0 amide bonds. The van der Waals surface area contributed by atoms with Crippen molar-refractivity contribution in [2.45, 2.75) is 31.5 Å². The van der Waals surface area contributed by atoms with Crippen molar-refractivity contribution >= 4 is 10.9 Å². The molecule has 0 radical (unpaired) electrons. The van der Waals surface area contributed by atoms with Crippen LogP contribution in [0.4, 0.5) is 13.2 Å². The number of nitrogens with zero attached hydrogens (tertiary/aromatic N) is 1. The Kier molecular flexibility index (Phi) is 4.04. The third-order valence-electron chi connectivity index (χ3n) is 2.93. The van der Waals surface area contributed by atoms with Gasteiger partial charge < -0.3 is 5.73 Å². The lowest BCUT2D eigenvalue weighted by molar-refractivity contribution is -0.136. The fourth-order valence-corrected chi connectivity index (χ4v) is 1.94. The van der Waals surface area contributed by atoms with Gasteiger partial charge in [0.25, 0.3) is 0 Å². The summed E-state index contributed by atoms with van der Waals surface area (Å²) < 4.78 is 36.3. The lowest BCUT2D eigenvalue weighted by Crippen LogP contribution is -2.25. The van der Waals surface area contributed by atoms with Crippen LogP contribution in [0.1, 0.15) is 18.5 Å². The van der Waals surface area contributed by atoms with Crippen LogP contribution in [0.15, 0.2) is 36.4 Å². The van der Waals surface area contributed by atoms with Gasteiger partial charge in [0.2, 0.25) is 0 Å². The third kappa shape index (κ3) is 4.21. The second-order valence-corrected chi connectivity index (χ2v) is 4.61. The van der Waals surface area contributed by atoms with Gasteiger partial charge in [0.1, 0.15) is 0 Å². The SMILES string of the molecule is NC(CCC(F)(F)F)Cc1ccc2ccccc2n1. The van der Waals surface area contributed by atoms with Crippen molar-refractivity contribution in [3.8, 4) is 0 Å². The van der Waals surface area contributed by atoms with E-state index < -0.39 is 18.6 Å². The van der Waals surface area contributed by atoms with E-state index in [0.717, 1.165) is 16.6 Å². The summed E-state index contributed by atoms with van der Waals surface area (Å²) in [5, 5.41) is 1.01. The van der Waals surface area contributed by atoms with Crippen LogP contribution in [0.5, 0.6) is 0 Å². The molecule has 5 heteroatoms. The maximum absolute atomic E-state index is 12.1. The standard InChI is InChI=1S/C14H15F3N2/c15-14(16,17)8-7-11(18)9-12-6-5-10-3-1-2-4-13(10)19-12/h1-6,11H,7-9,18H2. The van der Waals surface area contributed by atoms with E-state index in [2.05, 4.69) is 4.98 Å². The summed E-state index contributed by atoms with van der Waals surface area (Å²) in [7, 11) is 0. The molecule has 1 aromatic carbocycles. The molecule has 1 unspecified atom stereocenters. The number of halogens is 3. The average Bonchev–Trinajstić information content (AvgIpc) is 2.35. The number of aromatic nitrogens is 1. The smallest absolute Gasteiger partial charge is 0.327 e. The Labute approximate surface area is 109 Å². The lowest BCUT2D eigenvalue weighted by atomic mass is 10.1. The molecule has 19 heavy (non-hydrogen) atoms. The molecule has 1 aromatic heterocycles. The summed E-state index contributed by atoms with van der Waals surface area (Å²) in [5.74, 6) is 0. The molecular weight excluding hydrogens is 253 g/mol. The molecule has 0 fully saturated rings. The summed E-state index contributed by atoms with van der Waals surface area (Å²) in [4.78, 5) is 4.40. The highest BCUT2D eigenvalue weighted by Gasteiger charge is 2.27. The van der Waals surface area contributed by atoms with Crippen LogP contribution in [-0.2, 0) is 6.42 Å². The molecule has 1 heterocycles. The Morgan fingerprint density at radius 2 is 1.84 bits per heavy atom. The van der Waals surface area contributed by atoms with Crippen LogP contribution in [0.3, 0.4) is 0 Å². The summed E-state index contributed by atoms with van der Waals surface area (Å²) in [5.41, 5.74) is 7.28. The minimum atomic E-state index is -4.14. The van der Waals surface area contributed by atoms with Gasteiger partial charge in [0.15, 0.2) is 0 Å². The number of nitrogens with two attached hydrogens (primary N) is 1.